The van der Waals surface area contributed by atoms with E-state index in [0.717, 1.165) is 11.3 Å². The molecule has 0 aliphatic carbocycles. The Balaban J connectivity index is 1.87. The molecule has 23 heavy (non-hydrogen) atoms. The van der Waals surface area contributed by atoms with Gasteiger partial charge in [0.2, 0.25) is 11.8 Å². The van der Waals surface area contributed by atoms with Crippen LogP contribution in [-0.4, -0.2) is 25.0 Å². The summed E-state index contributed by atoms with van der Waals surface area (Å²) >= 11 is 0. The Hall–Kier alpha value is -2.82. The second kappa shape index (κ2) is 8.58. The van der Waals surface area contributed by atoms with E-state index in [4.69, 9.17) is 4.74 Å². The highest BCUT2D eigenvalue weighted by Gasteiger charge is 2.20. The van der Waals surface area contributed by atoms with Crippen LogP contribution in [0.5, 0.6) is 5.75 Å². The number of hydrogen-bond donors (Lipinski definition) is 2. The minimum atomic E-state index is -0.703. The molecule has 5 heteroatoms. The van der Waals surface area contributed by atoms with Crippen LogP contribution in [0.15, 0.2) is 60.7 Å². The van der Waals surface area contributed by atoms with Gasteiger partial charge in [-0.05, 0) is 17.7 Å². The monoisotopic (exact) mass is 312 g/mol. The zero-order valence-electron chi connectivity index (χ0n) is 13.0. The average molecular weight is 312 g/mol. The number of nitrogens with one attached hydrogen (secondary N) is 2. The summed E-state index contributed by atoms with van der Waals surface area (Å²) in [6.45, 7) is 2.11. The molecule has 2 rings (SSSR count). The molecule has 1 unspecified atom stereocenters. The predicted octanol–water partition coefficient (Wildman–Crippen LogP) is 2.06. The summed E-state index contributed by atoms with van der Waals surface area (Å²) in [6, 6.07) is 17.8. The lowest BCUT2D eigenvalue weighted by Gasteiger charge is -2.18. The van der Waals surface area contributed by atoms with Crippen LogP contribution in [0.2, 0.25) is 0 Å². The minimum absolute atomic E-state index is 0.255. The van der Waals surface area contributed by atoms with Crippen molar-refractivity contribution in [1.29, 1.82) is 0 Å². The van der Waals surface area contributed by atoms with Crippen LogP contribution in [0.1, 0.15) is 18.5 Å². The number of rotatable bonds is 7. The van der Waals surface area contributed by atoms with E-state index in [1.54, 1.807) is 12.1 Å². The van der Waals surface area contributed by atoms with Crippen molar-refractivity contribution in [3.8, 4) is 5.75 Å². The normalized spacial score (nSPS) is 11.3. The van der Waals surface area contributed by atoms with Crippen LogP contribution >= 0.6 is 0 Å². The number of carbonyl (C=O) groups is 2. The van der Waals surface area contributed by atoms with Crippen LogP contribution in [0.3, 0.4) is 0 Å². The largest absolute Gasteiger partial charge is 0.492 e. The first-order valence-corrected chi connectivity index (χ1v) is 7.44. The number of hydrogen-bond acceptors (Lipinski definition) is 3. The topological polar surface area (TPSA) is 67.4 Å². The molecule has 5 nitrogen and oxygen atoms in total. The molecule has 0 saturated heterocycles. The molecule has 0 saturated carbocycles. The molecular formula is C18H20N2O3. The molecule has 0 aliphatic heterocycles. The van der Waals surface area contributed by atoms with E-state index in [0.29, 0.717) is 13.2 Å². The maximum atomic E-state index is 12.3. The third-order valence-corrected chi connectivity index (χ3v) is 3.16. The Morgan fingerprint density at radius 1 is 1.00 bits per heavy atom. The van der Waals surface area contributed by atoms with Gasteiger partial charge in [0.25, 0.3) is 0 Å². The van der Waals surface area contributed by atoms with Crippen molar-refractivity contribution in [2.24, 2.45) is 0 Å². The van der Waals surface area contributed by atoms with Crippen molar-refractivity contribution < 1.29 is 14.3 Å². The van der Waals surface area contributed by atoms with Gasteiger partial charge in [-0.15, -0.1) is 0 Å². The number of amides is 2. The van der Waals surface area contributed by atoms with Gasteiger partial charge in [-0.1, -0.05) is 48.5 Å². The summed E-state index contributed by atoms with van der Waals surface area (Å²) in [5.74, 6) is 0.237. The second-order valence-electron chi connectivity index (χ2n) is 5.00. The fourth-order valence-corrected chi connectivity index (χ4v) is 2.11. The lowest BCUT2D eigenvalue weighted by Crippen LogP contribution is -2.40. The maximum absolute atomic E-state index is 12.3. The van der Waals surface area contributed by atoms with E-state index in [9.17, 15) is 9.59 Å². The van der Waals surface area contributed by atoms with Crippen molar-refractivity contribution in [2.75, 3.05) is 13.2 Å². The lowest BCUT2D eigenvalue weighted by molar-refractivity contribution is -0.128. The SMILES string of the molecule is CC(=O)NC(C(=O)NCCOc1ccccc1)c1ccccc1. The zero-order valence-corrected chi connectivity index (χ0v) is 13.0. The van der Waals surface area contributed by atoms with E-state index in [-0.39, 0.29) is 11.8 Å². The minimum Gasteiger partial charge on any atom is -0.492 e. The van der Waals surface area contributed by atoms with E-state index >= 15 is 0 Å². The molecular weight excluding hydrogens is 292 g/mol. The highest BCUT2D eigenvalue weighted by molar-refractivity contribution is 5.87. The van der Waals surface area contributed by atoms with Crippen LogP contribution in [0.25, 0.3) is 0 Å². The Morgan fingerprint density at radius 2 is 1.61 bits per heavy atom. The molecule has 2 aromatic carbocycles. The molecule has 0 aromatic heterocycles. The number of para-hydroxylation sites is 1. The molecule has 0 fully saturated rings. The van der Waals surface area contributed by atoms with Gasteiger partial charge in [0, 0.05) is 6.92 Å². The van der Waals surface area contributed by atoms with Gasteiger partial charge in [0.15, 0.2) is 0 Å². The highest BCUT2D eigenvalue weighted by atomic mass is 16.5. The summed E-state index contributed by atoms with van der Waals surface area (Å²) in [5.41, 5.74) is 0.740. The van der Waals surface area contributed by atoms with Crippen LogP contribution in [-0.2, 0) is 9.59 Å². The first-order valence-electron chi connectivity index (χ1n) is 7.44. The van der Waals surface area contributed by atoms with Crippen LogP contribution in [0.4, 0.5) is 0 Å². The fraction of sp³-hybridized carbons (Fsp3) is 0.222. The Morgan fingerprint density at radius 3 is 2.22 bits per heavy atom. The Bertz CT molecular complexity index is 629. The van der Waals surface area contributed by atoms with E-state index in [2.05, 4.69) is 10.6 Å². The predicted molar refractivity (Wildman–Crippen MR) is 87.9 cm³/mol. The van der Waals surface area contributed by atoms with Gasteiger partial charge in [-0.25, -0.2) is 0 Å². The van der Waals surface area contributed by atoms with Crippen molar-refractivity contribution in [3.05, 3.63) is 66.2 Å². The summed E-state index contributed by atoms with van der Waals surface area (Å²) in [4.78, 5) is 23.6. The molecule has 1 atom stereocenters. The number of benzene rings is 2. The summed E-state index contributed by atoms with van der Waals surface area (Å²) in [6.07, 6.45) is 0. The van der Waals surface area contributed by atoms with Gasteiger partial charge in [-0.2, -0.15) is 0 Å². The molecule has 0 bridgehead atoms. The van der Waals surface area contributed by atoms with Crippen molar-refractivity contribution >= 4 is 11.8 Å². The molecule has 2 aromatic rings. The Kier molecular flexibility index (Phi) is 6.17. The van der Waals surface area contributed by atoms with Gasteiger partial charge in [0.1, 0.15) is 18.4 Å². The van der Waals surface area contributed by atoms with Crippen LogP contribution < -0.4 is 15.4 Å². The summed E-state index contributed by atoms with van der Waals surface area (Å²) in [5, 5.41) is 5.44. The van der Waals surface area contributed by atoms with Crippen molar-refractivity contribution in [3.63, 3.8) is 0 Å². The van der Waals surface area contributed by atoms with Gasteiger partial charge < -0.3 is 15.4 Å². The fourth-order valence-electron chi connectivity index (χ4n) is 2.11. The molecule has 2 amide bonds. The average Bonchev–Trinajstić information content (AvgIpc) is 2.58. The van der Waals surface area contributed by atoms with E-state index < -0.39 is 6.04 Å². The lowest BCUT2D eigenvalue weighted by atomic mass is 10.1. The quantitative estimate of drug-likeness (QED) is 0.769. The van der Waals surface area contributed by atoms with Crippen LogP contribution in [0, 0.1) is 0 Å². The summed E-state index contributed by atoms with van der Waals surface area (Å²) < 4.78 is 5.52. The zero-order chi connectivity index (χ0) is 16.5. The third-order valence-electron chi connectivity index (χ3n) is 3.16. The first-order chi connectivity index (χ1) is 11.2. The third kappa shape index (κ3) is 5.47. The highest BCUT2D eigenvalue weighted by Crippen LogP contribution is 2.12. The van der Waals surface area contributed by atoms with Crippen molar-refractivity contribution in [1.82, 2.24) is 10.6 Å². The van der Waals surface area contributed by atoms with E-state index in [1.807, 2.05) is 48.5 Å². The van der Waals surface area contributed by atoms with E-state index in [1.165, 1.54) is 6.92 Å². The van der Waals surface area contributed by atoms with Gasteiger partial charge >= 0.3 is 0 Å². The van der Waals surface area contributed by atoms with Gasteiger partial charge in [-0.3, -0.25) is 9.59 Å². The number of carbonyl (C=O) groups excluding carboxylic acids is 2. The smallest absolute Gasteiger partial charge is 0.247 e. The molecule has 0 heterocycles. The summed E-state index contributed by atoms with van der Waals surface area (Å²) in [7, 11) is 0. The molecule has 0 radical (unpaired) electrons. The molecule has 2 N–H and O–H groups in total. The van der Waals surface area contributed by atoms with Crippen molar-refractivity contribution in [2.45, 2.75) is 13.0 Å². The number of ether oxygens (including phenoxy) is 1. The maximum Gasteiger partial charge on any atom is 0.247 e. The standard InChI is InChI=1S/C18H20N2O3/c1-14(21)20-17(15-8-4-2-5-9-15)18(22)19-12-13-23-16-10-6-3-7-11-16/h2-11,17H,12-13H2,1H3,(H,19,22)(H,20,21). The molecule has 0 aliphatic rings. The first kappa shape index (κ1) is 16.5. The Labute approximate surface area is 135 Å². The molecule has 0 spiro atoms. The second-order valence-corrected chi connectivity index (χ2v) is 5.00. The van der Waals surface area contributed by atoms with Gasteiger partial charge in [0.05, 0.1) is 6.54 Å². The molecule has 120 valence electrons.